The monoisotopic (exact) mass is 431 g/mol. The number of ether oxygens (including phenoxy) is 1. The van der Waals surface area contributed by atoms with E-state index in [0.29, 0.717) is 7.11 Å². The molecular weight excluding hydrogens is 424 g/mol. The number of hydrogen-bond acceptors (Lipinski definition) is 9. The van der Waals surface area contributed by atoms with Gasteiger partial charge in [0.2, 0.25) is 0 Å². The molecule has 1 N–H and O–H groups in total. The van der Waals surface area contributed by atoms with Gasteiger partial charge in [-0.15, -0.1) is 0 Å². The van der Waals surface area contributed by atoms with E-state index < -0.39 is 43.3 Å². The van der Waals surface area contributed by atoms with Gasteiger partial charge in [-0.1, -0.05) is 0 Å². The van der Waals surface area contributed by atoms with Crippen molar-refractivity contribution < 1.29 is 148 Å². The summed E-state index contributed by atoms with van der Waals surface area (Å²) in [6, 6.07) is 0. The van der Waals surface area contributed by atoms with Crippen LogP contribution in [0.25, 0.3) is 0 Å². The second kappa shape index (κ2) is 15.0. The number of rotatable bonds is 4. The van der Waals surface area contributed by atoms with Crippen molar-refractivity contribution in [1.82, 2.24) is 0 Å². The van der Waals surface area contributed by atoms with Crippen LogP contribution in [-0.2, 0) is 29.8 Å². The van der Waals surface area contributed by atoms with E-state index in [1.54, 1.807) is 0 Å². The third kappa shape index (κ3) is 13.2. The van der Waals surface area contributed by atoms with Crippen LogP contribution in [0, 0.1) is 0 Å². The quantitative estimate of drug-likeness (QED) is 0.197. The summed E-state index contributed by atoms with van der Waals surface area (Å²) >= 11 is 0. The molecule has 0 aliphatic heterocycles. The van der Waals surface area contributed by atoms with Gasteiger partial charge in [-0.05, 0) is 0 Å². The van der Waals surface area contributed by atoms with Crippen LogP contribution in [0.3, 0.4) is 0 Å². The number of esters is 1. The van der Waals surface area contributed by atoms with Gasteiger partial charge in [-0.3, -0.25) is 0 Å². The normalized spacial score (nSPS) is 11.0. The smallest absolute Gasteiger partial charge is 1.00 e. The fraction of sp³-hybridized carbons (Fsp3) is 0.800. The van der Waals surface area contributed by atoms with Crippen molar-refractivity contribution in [3.8, 4) is 0 Å². The third-order valence-electron chi connectivity index (χ3n) is 1.29. The standard InChI is InChI=1S/C3H4F2O5S.C2H4F2O4S.B.3Na.H/c1-10-2(6)3(4,5)11(7,8)9;3-2(4,1-5)9(6,7)8;;;;;/h1H3,(H,7,8,9);5H,1H2,(H,6,7,8);;;;;/q;;;3*+1;-1/p-2. The number of carbonyl (C=O) groups excluding carboxylic acids is 1. The zero-order valence-electron chi connectivity index (χ0n) is 13.8. The molecule has 0 rings (SSSR count). The Kier molecular flexibility index (Phi) is 25.4. The molecule has 0 aliphatic carbocycles. The van der Waals surface area contributed by atoms with E-state index in [1.807, 2.05) is 0 Å². The molecule has 0 aliphatic rings. The number of aliphatic hydroxyl groups excluding tert-OH is 1. The van der Waals surface area contributed by atoms with Crippen LogP contribution in [0.5, 0.6) is 0 Å². The molecule has 0 aromatic carbocycles. The molecule has 127 valence electrons. The van der Waals surface area contributed by atoms with Crippen molar-refractivity contribution >= 4 is 34.6 Å². The van der Waals surface area contributed by atoms with E-state index >= 15 is 0 Å². The maximum absolute atomic E-state index is 11.9. The van der Waals surface area contributed by atoms with E-state index in [2.05, 4.69) is 4.74 Å². The summed E-state index contributed by atoms with van der Waals surface area (Å²) in [7, 11) is -11.1. The van der Waals surface area contributed by atoms with E-state index in [0.717, 1.165) is 0 Å². The molecule has 0 aromatic heterocycles. The zero-order valence-corrected chi connectivity index (χ0v) is 20.5. The molecule has 0 atom stereocenters. The molecule has 0 unspecified atom stereocenters. The van der Waals surface area contributed by atoms with E-state index in [1.165, 1.54) is 0 Å². The number of alkyl halides is 4. The van der Waals surface area contributed by atoms with E-state index in [9.17, 15) is 48.3 Å². The molecule has 19 heteroatoms. The average Bonchev–Trinajstić information content (AvgIpc) is 2.25. The summed E-state index contributed by atoms with van der Waals surface area (Å²) in [4.78, 5) is 9.93. The van der Waals surface area contributed by atoms with Crippen molar-refractivity contribution in [2.45, 2.75) is 10.5 Å². The molecule has 0 saturated carbocycles. The Bertz CT molecular complexity index is 562. The van der Waals surface area contributed by atoms with Crippen LogP contribution in [0.2, 0.25) is 0 Å². The topological polar surface area (TPSA) is 161 Å². The molecule has 0 bridgehead atoms. The maximum Gasteiger partial charge on any atom is 1.00 e. The van der Waals surface area contributed by atoms with Gasteiger partial charge < -0.3 is 20.4 Å². The summed E-state index contributed by atoms with van der Waals surface area (Å²) in [5.41, 5.74) is 0. The second-order valence-electron chi connectivity index (χ2n) is 2.71. The van der Waals surface area contributed by atoms with Gasteiger partial charge in [0, 0.05) is 8.41 Å². The second-order valence-corrected chi connectivity index (χ2v) is 5.64. The Morgan fingerprint density at radius 1 is 1.04 bits per heavy atom. The van der Waals surface area contributed by atoms with Gasteiger partial charge in [-0.25, -0.2) is 21.6 Å². The molecule has 0 amide bonds. The number of hydrogen-bond donors (Lipinski definition) is 1. The molecule has 0 heterocycles. The zero-order chi connectivity index (χ0) is 17.0. The van der Waals surface area contributed by atoms with E-state index in [4.69, 9.17) is 5.11 Å². The minimum absolute atomic E-state index is 0. The van der Waals surface area contributed by atoms with E-state index in [-0.39, 0.29) is 98.5 Å². The number of carbonyl (C=O) groups is 1. The summed E-state index contributed by atoms with van der Waals surface area (Å²) in [6.07, 6.45) is 0. The van der Waals surface area contributed by atoms with Gasteiger partial charge >= 0.3 is 105 Å². The third-order valence-corrected chi connectivity index (χ3v) is 2.94. The first-order valence-corrected chi connectivity index (χ1v) is 6.72. The predicted octanol–water partition coefficient (Wildman–Crippen LogP) is -10.8. The van der Waals surface area contributed by atoms with Gasteiger partial charge in [0.05, 0.1) is 7.11 Å². The maximum atomic E-state index is 11.9. The summed E-state index contributed by atoms with van der Waals surface area (Å²) in [5, 5.41) is -1.95. The fourth-order valence-corrected chi connectivity index (χ4v) is 0.746. The van der Waals surface area contributed by atoms with Crippen molar-refractivity contribution in [1.29, 1.82) is 0 Å². The van der Waals surface area contributed by atoms with Crippen LogP contribution in [0.4, 0.5) is 17.6 Å². The molecule has 0 spiro atoms. The summed E-state index contributed by atoms with van der Waals surface area (Å²) < 4.78 is 107. The number of halogens is 4. The van der Waals surface area contributed by atoms with Gasteiger partial charge in [0.15, 0.2) is 20.2 Å². The Labute approximate surface area is 204 Å². The average molecular weight is 431 g/mol. The molecule has 3 radical (unpaired) electrons. The first kappa shape index (κ1) is 40.7. The Hall–Kier alpha value is 2.03. The molecule has 9 nitrogen and oxygen atoms in total. The van der Waals surface area contributed by atoms with Crippen LogP contribution in [0.15, 0.2) is 0 Å². The van der Waals surface area contributed by atoms with Gasteiger partial charge in [0.1, 0.15) is 6.61 Å². The van der Waals surface area contributed by atoms with Crippen LogP contribution in [-0.4, -0.2) is 69.7 Å². The molecule has 24 heavy (non-hydrogen) atoms. The van der Waals surface area contributed by atoms with Crippen LogP contribution in [0.1, 0.15) is 1.43 Å². The Morgan fingerprint density at radius 3 is 1.38 bits per heavy atom. The molecule has 0 aromatic rings. The molecule has 0 fully saturated rings. The fourth-order valence-electron chi connectivity index (χ4n) is 0.300. The molecular formula is C5H7BF4Na3O9S2. The van der Waals surface area contributed by atoms with Crippen molar-refractivity contribution in [3.63, 3.8) is 0 Å². The van der Waals surface area contributed by atoms with Crippen LogP contribution < -0.4 is 88.7 Å². The van der Waals surface area contributed by atoms with Gasteiger partial charge in [0.25, 0.3) is 0 Å². The minimum Gasteiger partial charge on any atom is -1.00 e. The largest absolute Gasteiger partial charge is 1.00 e. The SMILES string of the molecule is COC(=O)C(F)(F)S(=O)(=O)[O-].O=S(=O)([O-])C(F)(F)CO.[B].[H-].[Na+].[Na+].[Na+]. The minimum atomic E-state index is -5.97. The van der Waals surface area contributed by atoms with Crippen molar-refractivity contribution in [3.05, 3.63) is 0 Å². The number of methoxy groups -OCH3 is 1. The first-order valence-electron chi connectivity index (χ1n) is 3.90. The Morgan fingerprint density at radius 2 is 1.33 bits per heavy atom. The summed E-state index contributed by atoms with van der Waals surface area (Å²) in [5.74, 6) is -2.38. The first-order chi connectivity index (χ1) is 8.54. The number of aliphatic hydroxyl groups is 1. The summed E-state index contributed by atoms with van der Waals surface area (Å²) in [6.45, 7) is -1.97. The molecule has 0 saturated heterocycles. The predicted molar refractivity (Wildman–Crippen MR) is 55.3 cm³/mol. The van der Waals surface area contributed by atoms with Gasteiger partial charge in [-0.2, -0.15) is 17.6 Å². The Balaban J connectivity index is -0.0000000437. The van der Waals surface area contributed by atoms with Crippen molar-refractivity contribution in [2.75, 3.05) is 13.7 Å². The van der Waals surface area contributed by atoms with Crippen molar-refractivity contribution in [2.24, 2.45) is 0 Å². The van der Waals surface area contributed by atoms with Crippen LogP contribution >= 0.6 is 0 Å².